The van der Waals surface area contributed by atoms with Crippen LogP contribution in [0.15, 0.2) is 48.5 Å². The Balaban J connectivity index is 1.74. The monoisotopic (exact) mass is 324 g/mol. The van der Waals surface area contributed by atoms with Gasteiger partial charge in [-0.25, -0.2) is 4.90 Å². The fourth-order valence-corrected chi connectivity index (χ4v) is 2.73. The van der Waals surface area contributed by atoms with Crippen molar-refractivity contribution in [3.63, 3.8) is 0 Å². The van der Waals surface area contributed by atoms with Crippen LogP contribution in [0.4, 0.5) is 11.4 Å². The number of carbonyl (C=O) groups excluding carboxylic acids is 2. The molecule has 1 aliphatic rings. The molecule has 0 aromatic heterocycles. The van der Waals surface area contributed by atoms with E-state index in [-0.39, 0.29) is 18.2 Å². The summed E-state index contributed by atoms with van der Waals surface area (Å²) in [6.45, 7) is 4.48. The van der Waals surface area contributed by atoms with Crippen molar-refractivity contribution in [3.05, 3.63) is 54.1 Å². The van der Waals surface area contributed by atoms with E-state index in [1.165, 1.54) is 4.90 Å². The van der Waals surface area contributed by atoms with E-state index in [1.54, 1.807) is 24.3 Å². The van der Waals surface area contributed by atoms with Gasteiger partial charge in [-0.15, -0.1) is 0 Å². The summed E-state index contributed by atoms with van der Waals surface area (Å²) in [6, 6.07) is 14.2. The largest absolute Gasteiger partial charge is 0.494 e. The topological polar surface area (TPSA) is 58.6 Å². The van der Waals surface area contributed by atoms with Gasteiger partial charge >= 0.3 is 0 Å². The second kappa shape index (κ2) is 6.74. The number of amides is 2. The summed E-state index contributed by atoms with van der Waals surface area (Å²) in [6.07, 6.45) is 0.153. The van der Waals surface area contributed by atoms with Crippen molar-refractivity contribution in [2.24, 2.45) is 0 Å². The van der Waals surface area contributed by atoms with Gasteiger partial charge in [0.25, 0.3) is 5.91 Å². The van der Waals surface area contributed by atoms with Crippen molar-refractivity contribution >= 4 is 23.2 Å². The molecule has 1 aliphatic heterocycles. The molecule has 0 aliphatic carbocycles. The van der Waals surface area contributed by atoms with E-state index >= 15 is 0 Å². The Bertz CT molecular complexity index is 738. The molecule has 0 bridgehead atoms. The minimum absolute atomic E-state index is 0.153. The first-order chi connectivity index (χ1) is 11.6. The minimum Gasteiger partial charge on any atom is -0.494 e. The van der Waals surface area contributed by atoms with Gasteiger partial charge in [-0.05, 0) is 50.2 Å². The van der Waals surface area contributed by atoms with Gasteiger partial charge < -0.3 is 10.1 Å². The summed E-state index contributed by atoms with van der Waals surface area (Å²) in [5.74, 6) is 0.285. The average molecular weight is 324 g/mol. The molecule has 2 aromatic rings. The normalized spacial score (nSPS) is 17.2. The molecule has 1 fully saturated rings. The zero-order chi connectivity index (χ0) is 17.1. The molecule has 0 radical (unpaired) electrons. The molecule has 2 aromatic carbocycles. The SMILES string of the molecule is CCOc1ccc(N2C(=O)C[C@@H](Nc3ccc(C)cc3)C2=O)cc1. The van der Waals surface area contributed by atoms with Gasteiger partial charge in [0.1, 0.15) is 11.8 Å². The standard InChI is InChI=1S/C19H20N2O3/c1-3-24-16-10-8-15(9-11-16)21-18(22)12-17(19(21)23)20-14-6-4-13(2)5-7-14/h4-11,17,20H,3,12H2,1-2H3/t17-/m1/s1. The number of imide groups is 1. The van der Waals surface area contributed by atoms with Crippen molar-refractivity contribution in [1.29, 1.82) is 0 Å². The fourth-order valence-electron chi connectivity index (χ4n) is 2.73. The number of hydrogen-bond acceptors (Lipinski definition) is 4. The van der Waals surface area contributed by atoms with Crippen LogP contribution in [0.25, 0.3) is 0 Å². The highest BCUT2D eigenvalue weighted by Crippen LogP contribution is 2.26. The third-order valence-electron chi connectivity index (χ3n) is 3.95. The molecule has 24 heavy (non-hydrogen) atoms. The van der Waals surface area contributed by atoms with E-state index < -0.39 is 6.04 Å². The van der Waals surface area contributed by atoms with E-state index in [9.17, 15) is 9.59 Å². The first kappa shape index (κ1) is 16.1. The van der Waals surface area contributed by atoms with Crippen LogP contribution in [0, 0.1) is 6.92 Å². The number of hydrogen-bond donors (Lipinski definition) is 1. The molecule has 1 saturated heterocycles. The lowest BCUT2D eigenvalue weighted by Crippen LogP contribution is -2.34. The summed E-state index contributed by atoms with van der Waals surface area (Å²) >= 11 is 0. The second-order valence-electron chi connectivity index (χ2n) is 5.76. The Hall–Kier alpha value is -2.82. The lowest BCUT2D eigenvalue weighted by Gasteiger charge is -2.16. The number of benzene rings is 2. The molecule has 1 atom stereocenters. The van der Waals surface area contributed by atoms with Crippen molar-refractivity contribution in [2.75, 3.05) is 16.8 Å². The highest BCUT2D eigenvalue weighted by molar-refractivity contribution is 6.23. The van der Waals surface area contributed by atoms with Crippen LogP contribution in [-0.2, 0) is 9.59 Å². The van der Waals surface area contributed by atoms with E-state index in [0.717, 1.165) is 17.0 Å². The van der Waals surface area contributed by atoms with Crippen LogP contribution in [-0.4, -0.2) is 24.5 Å². The van der Waals surface area contributed by atoms with Crippen LogP contribution in [0.2, 0.25) is 0 Å². The number of nitrogens with zero attached hydrogens (tertiary/aromatic N) is 1. The average Bonchev–Trinajstić information content (AvgIpc) is 2.85. The van der Waals surface area contributed by atoms with Crippen molar-refractivity contribution in [2.45, 2.75) is 26.3 Å². The number of aryl methyl sites for hydroxylation is 1. The molecule has 0 saturated carbocycles. The highest BCUT2D eigenvalue weighted by Gasteiger charge is 2.39. The number of carbonyl (C=O) groups is 2. The Morgan fingerprint density at radius 3 is 2.38 bits per heavy atom. The second-order valence-corrected chi connectivity index (χ2v) is 5.76. The number of nitrogens with one attached hydrogen (secondary N) is 1. The maximum absolute atomic E-state index is 12.6. The lowest BCUT2D eigenvalue weighted by molar-refractivity contribution is -0.121. The van der Waals surface area contributed by atoms with Gasteiger partial charge in [-0.3, -0.25) is 9.59 Å². The van der Waals surface area contributed by atoms with E-state index in [2.05, 4.69) is 5.32 Å². The maximum Gasteiger partial charge on any atom is 0.256 e. The van der Waals surface area contributed by atoms with Crippen LogP contribution in [0.5, 0.6) is 5.75 Å². The number of rotatable bonds is 5. The quantitative estimate of drug-likeness (QED) is 0.859. The van der Waals surface area contributed by atoms with Gasteiger partial charge in [-0.2, -0.15) is 0 Å². The molecule has 5 heteroatoms. The van der Waals surface area contributed by atoms with Gasteiger partial charge in [-0.1, -0.05) is 17.7 Å². The molecule has 1 N–H and O–H groups in total. The van der Waals surface area contributed by atoms with Crippen LogP contribution in [0.3, 0.4) is 0 Å². The summed E-state index contributed by atoms with van der Waals surface area (Å²) in [4.78, 5) is 26.1. The van der Waals surface area contributed by atoms with Crippen molar-refractivity contribution < 1.29 is 14.3 Å². The zero-order valence-corrected chi connectivity index (χ0v) is 13.8. The highest BCUT2D eigenvalue weighted by atomic mass is 16.5. The first-order valence-electron chi connectivity index (χ1n) is 8.01. The van der Waals surface area contributed by atoms with Crippen LogP contribution >= 0.6 is 0 Å². The van der Waals surface area contributed by atoms with Crippen LogP contribution in [0.1, 0.15) is 18.9 Å². The molecule has 1 heterocycles. The van der Waals surface area contributed by atoms with Crippen molar-refractivity contribution in [3.8, 4) is 5.75 Å². The molecular weight excluding hydrogens is 304 g/mol. The number of ether oxygens (including phenoxy) is 1. The maximum atomic E-state index is 12.6. The van der Waals surface area contributed by atoms with Gasteiger partial charge in [0.2, 0.25) is 5.91 Å². The third kappa shape index (κ3) is 3.25. The summed E-state index contributed by atoms with van der Waals surface area (Å²) in [7, 11) is 0. The molecule has 2 amide bonds. The van der Waals surface area contributed by atoms with E-state index in [0.29, 0.717) is 12.3 Å². The molecule has 124 valence electrons. The summed E-state index contributed by atoms with van der Waals surface area (Å²) in [5.41, 5.74) is 2.55. The van der Waals surface area contributed by atoms with Crippen LogP contribution < -0.4 is 15.0 Å². The van der Waals surface area contributed by atoms with E-state index in [1.807, 2.05) is 38.1 Å². The molecule has 5 nitrogen and oxygen atoms in total. The van der Waals surface area contributed by atoms with E-state index in [4.69, 9.17) is 4.74 Å². The zero-order valence-electron chi connectivity index (χ0n) is 13.8. The Morgan fingerprint density at radius 2 is 1.75 bits per heavy atom. The predicted octanol–water partition coefficient (Wildman–Crippen LogP) is 3.14. The third-order valence-corrected chi connectivity index (χ3v) is 3.95. The van der Waals surface area contributed by atoms with Gasteiger partial charge in [0, 0.05) is 5.69 Å². The lowest BCUT2D eigenvalue weighted by atomic mass is 10.2. The van der Waals surface area contributed by atoms with Crippen molar-refractivity contribution in [1.82, 2.24) is 0 Å². The fraction of sp³-hybridized carbons (Fsp3) is 0.263. The first-order valence-corrected chi connectivity index (χ1v) is 8.01. The molecule has 0 spiro atoms. The molecule has 3 rings (SSSR count). The van der Waals surface area contributed by atoms with Gasteiger partial charge in [0.15, 0.2) is 0 Å². The Morgan fingerprint density at radius 1 is 1.08 bits per heavy atom. The molecular formula is C19H20N2O3. The number of anilines is 2. The smallest absolute Gasteiger partial charge is 0.256 e. The molecule has 0 unspecified atom stereocenters. The Labute approximate surface area is 141 Å². The summed E-state index contributed by atoms with van der Waals surface area (Å²) < 4.78 is 5.39. The van der Waals surface area contributed by atoms with Gasteiger partial charge in [0.05, 0.1) is 18.7 Å². The Kier molecular flexibility index (Phi) is 4.51. The summed E-state index contributed by atoms with van der Waals surface area (Å²) in [5, 5.41) is 3.14. The predicted molar refractivity (Wildman–Crippen MR) is 93.3 cm³/mol. The minimum atomic E-state index is -0.535.